The van der Waals surface area contributed by atoms with Crippen LogP contribution in [0.2, 0.25) is 0 Å². The Kier molecular flexibility index (Phi) is 5.05. The first-order valence-electron chi connectivity index (χ1n) is 9.44. The van der Waals surface area contributed by atoms with Crippen LogP contribution in [0.1, 0.15) is 43.3 Å². The van der Waals surface area contributed by atoms with Gasteiger partial charge in [0, 0.05) is 5.38 Å². The number of hydrogen-bond acceptors (Lipinski definition) is 5. The standard InChI is InChI=1S/C20H22FN3O3S/c1-13-4-2-3-9-20(13)18(25)24(19(26)23-20)10-15-12-28-17(22-15)11-27-16-7-5-14(21)6-8-16/h5-8,12-13H,2-4,9-11H2,1H3,(H,23,26). The summed E-state index contributed by atoms with van der Waals surface area (Å²) in [6, 6.07) is 5.45. The fourth-order valence-electron chi connectivity index (χ4n) is 3.96. The van der Waals surface area contributed by atoms with Gasteiger partial charge in [-0.05, 0) is 43.0 Å². The van der Waals surface area contributed by atoms with Crippen LogP contribution in [0.15, 0.2) is 29.6 Å². The van der Waals surface area contributed by atoms with E-state index < -0.39 is 5.54 Å². The number of hydrogen-bond donors (Lipinski definition) is 1. The Morgan fingerprint density at radius 1 is 1.32 bits per heavy atom. The van der Waals surface area contributed by atoms with Crippen molar-refractivity contribution in [3.8, 4) is 5.75 Å². The van der Waals surface area contributed by atoms with Crippen molar-refractivity contribution in [3.63, 3.8) is 0 Å². The second-order valence-corrected chi connectivity index (χ2v) is 8.36. The Labute approximate surface area is 166 Å². The van der Waals surface area contributed by atoms with E-state index in [1.54, 1.807) is 12.1 Å². The summed E-state index contributed by atoms with van der Waals surface area (Å²) < 4.78 is 18.5. The van der Waals surface area contributed by atoms with Gasteiger partial charge in [0.05, 0.1) is 12.2 Å². The Morgan fingerprint density at radius 3 is 2.86 bits per heavy atom. The number of nitrogens with zero attached hydrogens (tertiary/aromatic N) is 2. The van der Waals surface area contributed by atoms with Gasteiger partial charge in [0.2, 0.25) is 0 Å². The molecule has 1 aromatic carbocycles. The second kappa shape index (κ2) is 7.50. The van der Waals surface area contributed by atoms with Crippen LogP contribution in [0.5, 0.6) is 5.75 Å². The van der Waals surface area contributed by atoms with Crippen molar-refractivity contribution in [2.75, 3.05) is 0 Å². The van der Waals surface area contributed by atoms with E-state index in [-0.39, 0.29) is 36.8 Å². The van der Waals surface area contributed by atoms with Gasteiger partial charge in [-0.25, -0.2) is 14.2 Å². The lowest BCUT2D eigenvalue weighted by Gasteiger charge is -2.36. The Hall–Kier alpha value is -2.48. The number of benzene rings is 1. The molecule has 1 saturated heterocycles. The highest BCUT2D eigenvalue weighted by Gasteiger charge is 2.54. The molecule has 6 nitrogen and oxygen atoms in total. The van der Waals surface area contributed by atoms with Crippen molar-refractivity contribution in [2.24, 2.45) is 5.92 Å². The van der Waals surface area contributed by atoms with Crippen LogP contribution >= 0.6 is 11.3 Å². The molecule has 4 rings (SSSR count). The van der Waals surface area contributed by atoms with Crippen LogP contribution < -0.4 is 10.1 Å². The molecule has 3 amide bonds. The first-order chi connectivity index (χ1) is 13.5. The number of nitrogens with one attached hydrogen (secondary N) is 1. The molecular formula is C20H22FN3O3S. The van der Waals surface area contributed by atoms with Gasteiger partial charge in [-0.1, -0.05) is 19.8 Å². The van der Waals surface area contributed by atoms with Crippen molar-refractivity contribution in [1.29, 1.82) is 0 Å². The molecule has 2 heterocycles. The smallest absolute Gasteiger partial charge is 0.325 e. The SMILES string of the molecule is CC1CCCCC12NC(=O)N(Cc1csc(COc3ccc(F)cc3)n1)C2=O. The predicted molar refractivity (Wildman–Crippen MR) is 102 cm³/mol. The summed E-state index contributed by atoms with van der Waals surface area (Å²) in [4.78, 5) is 31.2. The van der Waals surface area contributed by atoms with E-state index in [0.717, 1.165) is 24.3 Å². The van der Waals surface area contributed by atoms with Gasteiger partial charge in [-0.2, -0.15) is 0 Å². The number of rotatable bonds is 5. The summed E-state index contributed by atoms with van der Waals surface area (Å²) in [6.07, 6.45) is 3.69. The number of urea groups is 1. The zero-order chi connectivity index (χ0) is 19.7. The lowest BCUT2D eigenvalue weighted by molar-refractivity contribution is -0.134. The summed E-state index contributed by atoms with van der Waals surface area (Å²) in [5, 5.41) is 5.52. The molecule has 0 bridgehead atoms. The van der Waals surface area contributed by atoms with Crippen molar-refractivity contribution >= 4 is 23.3 Å². The first kappa shape index (κ1) is 18.9. The minimum atomic E-state index is -0.750. The maximum atomic E-state index is 13.0. The van der Waals surface area contributed by atoms with E-state index in [9.17, 15) is 14.0 Å². The molecule has 2 fully saturated rings. The average molecular weight is 403 g/mol. The van der Waals surface area contributed by atoms with Gasteiger partial charge >= 0.3 is 6.03 Å². The summed E-state index contributed by atoms with van der Waals surface area (Å²) in [5.41, 5.74) is -0.0911. The topological polar surface area (TPSA) is 71.5 Å². The molecule has 8 heteroatoms. The lowest BCUT2D eigenvalue weighted by atomic mass is 9.73. The molecule has 0 radical (unpaired) electrons. The van der Waals surface area contributed by atoms with E-state index >= 15 is 0 Å². The summed E-state index contributed by atoms with van der Waals surface area (Å²) in [7, 11) is 0. The van der Waals surface area contributed by atoms with Gasteiger partial charge in [-0.15, -0.1) is 11.3 Å². The van der Waals surface area contributed by atoms with Gasteiger partial charge in [-0.3, -0.25) is 9.69 Å². The second-order valence-electron chi connectivity index (χ2n) is 7.41. The summed E-state index contributed by atoms with van der Waals surface area (Å²) in [5.74, 6) is 0.239. The molecule has 1 aliphatic heterocycles. The summed E-state index contributed by atoms with van der Waals surface area (Å²) in [6.45, 7) is 2.44. The highest BCUT2D eigenvalue weighted by atomic mass is 32.1. The fourth-order valence-corrected chi connectivity index (χ4v) is 4.66. The molecule has 2 atom stereocenters. The number of aromatic nitrogens is 1. The van der Waals surface area contributed by atoms with Gasteiger partial charge in [0.25, 0.3) is 5.91 Å². The molecule has 1 N–H and O–H groups in total. The Morgan fingerprint density at radius 2 is 2.11 bits per heavy atom. The van der Waals surface area contributed by atoms with Crippen molar-refractivity contribution in [1.82, 2.24) is 15.2 Å². The van der Waals surface area contributed by atoms with E-state index in [2.05, 4.69) is 10.3 Å². The minimum Gasteiger partial charge on any atom is -0.486 e. The zero-order valence-electron chi connectivity index (χ0n) is 15.6. The Bertz CT molecular complexity index is 885. The van der Waals surface area contributed by atoms with Gasteiger partial charge < -0.3 is 10.1 Å². The molecule has 2 aromatic rings. The van der Waals surface area contributed by atoms with Crippen LogP contribution in [0, 0.1) is 11.7 Å². The maximum Gasteiger partial charge on any atom is 0.325 e. The fraction of sp³-hybridized carbons (Fsp3) is 0.450. The molecular weight excluding hydrogens is 381 g/mol. The van der Waals surface area contributed by atoms with E-state index in [1.807, 2.05) is 12.3 Å². The minimum absolute atomic E-state index is 0.137. The predicted octanol–water partition coefficient (Wildman–Crippen LogP) is 3.86. The normalized spacial score (nSPS) is 24.6. The molecule has 1 saturated carbocycles. The number of thiazole rings is 1. The van der Waals surface area contributed by atoms with E-state index in [4.69, 9.17) is 4.74 Å². The number of halogens is 1. The van der Waals surface area contributed by atoms with Crippen molar-refractivity contribution in [2.45, 2.75) is 51.3 Å². The third kappa shape index (κ3) is 3.48. The largest absolute Gasteiger partial charge is 0.486 e. The average Bonchev–Trinajstić information content (AvgIpc) is 3.23. The van der Waals surface area contributed by atoms with Gasteiger partial charge in [0.1, 0.15) is 28.7 Å². The van der Waals surface area contributed by atoms with Crippen molar-refractivity contribution < 1.29 is 18.7 Å². The third-order valence-electron chi connectivity index (χ3n) is 5.60. The molecule has 1 aromatic heterocycles. The first-order valence-corrected chi connectivity index (χ1v) is 10.3. The van der Waals surface area contributed by atoms with Gasteiger partial charge in [0.15, 0.2) is 0 Å². The molecule has 148 valence electrons. The van der Waals surface area contributed by atoms with Crippen LogP contribution in [0.3, 0.4) is 0 Å². The number of ether oxygens (including phenoxy) is 1. The maximum absolute atomic E-state index is 13.0. The van der Waals surface area contributed by atoms with Crippen LogP contribution in [-0.4, -0.2) is 27.4 Å². The number of imide groups is 1. The highest BCUT2D eigenvalue weighted by molar-refractivity contribution is 7.09. The number of carbonyl (C=O) groups excluding carboxylic acids is 2. The van der Waals surface area contributed by atoms with Crippen LogP contribution in [-0.2, 0) is 17.9 Å². The number of carbonyl (C=O) groups is 2. The lowest BCUT2D eigenvalue weighted by Crippen LogP contribution is -2.53. The highest BCUT2D eigenvalue weighted by Crippen LogP contribution is 2.38. The molecule has 28 heavy (non-hydrogen) atoms. The molecule has 1 aliphatic carbocycles. The summed E-state index contributed by atoms with van der Waals surface area (Å²) >= 11 is 1.41. The van der Waals surface area contributed by atoms with E-state index in [0.29, 0.717) is 17.9 Å². The van der Waals surface area contributed by atoms with Crippen LogP contribution in [0.4, 0.5) is 9.18 Å². The van der Waals surface area contributed by atoms with E-state index in [1.165, 1.54) is 28.4 Å². The monoisotopic (exact) mass is 403 g/mol. The number of amides is 3. The van der Waals surface area contributed by atoms with Crippen LogP contribution in [0.25, 0.3) is 0 Å². The Balaban J connectivity index is 1.40. The molecule has 1 spiro atoms. The quantitative estimate of drug-likeness (QED) is 0.770. The van der Waals surface area contributed by atoms with Crippen molar-refractivity contribution in [3.05, 3.63) is 46.2 Å². The molecule has 2 aliphatic rings. The zero-order valence-corrected chi connectivity index (χ0v) is 16.4. The molecule has 2 unspecified atom stereocenters. The third-order valence-corrected chi connectivity index (χ3v) is 6.47.